The summed E-state index contributed by atoms with van der Waals surface area (Å²) in [7, 11) is 0. The Morgan fingerprint density at radius 1 is 1.27 bits per heavy atom. The van der Waals surface area contributed by atoms with Crippen molar-refractivity contribution in [3.05, 3.63) is 47.1 Å². The van der Waals surface area contributed by atoms with Crippen LogP contribution in [0.3, 0.4) is 0 Å². The fraction of sp³-hybridized carbons (Fsp3) is 0.500. The van der Waals surface area contributed by atoms with E-state index < -0.39 is 0 Å². The molecule has 0 spiro atoms. The van der Waals surface area contributed by atoms with Crippen molar-refractivity contribution < 1.29 is 5.11 Å². The lowest BCUT2D eigenvalue weighted by molar-refractivity contribution is 0.467. The standard InChI is InChI=1S/C20H30OS/c1-7-19(22-6)11-9-15(3)14(2)8-10-18-12-16(4)20(21)17(5)13-18/h8,10,12-13,15,19,21H,2,7,9,11H2,1,3-6H3/b10-8+. The van der Waals surface area contributed by atoms with Crippen molar-refractivity contribution in [1.29, 1.82) is 0 Å². The minimum atomic E-state index is 0.395. The van der Waals surface area contributed by atoms with Gasteiger partial charge in [0, 0.05) is 5.25 Å². The highest BCUT2D eigenvalue weighted by Crippen LogP contribution is 2.26. The molecule has 1 N–H and O–H groups in total. The first-order valence-corrected chi connectivity index (χ1v) is 9.37. The number of phenols is 1. The topological polar surface area (TPSA) is 20.2 Å². The number of aromatic hydroxyl groups is 1. The third-order valence-corrected chi connectivity index (χ3v) is 5.58. The van der Waals surface area contributed by atoms with Gasteiger partial charge in [0.05, 0.1) is 0 Å². The van der Waals surface area contributed by atoms with Gasteiger partial charge in [0.25, 0.3) is 0 Å². The van der Waals surface area contributed by atoms with E-state index >= 15 is 0 Å². The highest BCUT2D eigenvalue weighted by atomic mass is 32.2. The fourth-order valence-corrected chi connectivity index (χ4v) is 3.27. The Morgan fingerprint density at radius 2 is 1.86 bits per heavy atom. The minimum absolute atomic E-state index is 0.395. The summed E-state index contributed by atoms with van der Waals surface area (Å²) in [5.41, 5.74) is 4.14. The van der Waals surface area contributed by atoms with Crippen LogP contribution in [-0.4, -0.2) is 16.6 Å². The molecule has 0 amide bonds. The van der Waals surface area contributed by atoms with Crippen LogP contribution in [0.2, 0.25) is 0 Å². The molecule has 0 saturated carbocycles. The second-order valence-electron chi connectivity index (χ2n) is 6.16. The predicted octanol–water partition coefficient (Wildman–Crippen LogP) is 6.14. The lowest BCUT2D eigenvalue weighted by Gasteiger charge is -2.16. The van der Waals surface area contributed by atoms with E-state index in [1.165, 1.54) is 24.8 Å². The molecular formula is C20H30OS. The first-order chi connectivity index (χ1) is 10.4. The van der Waals surface area contributed by atoms with E-state index in [0.717, 1.165) is 21.9 Å². The minimum Gasteiger partial charge on any atom is -0.507 e. The summed E-state index contributed by atoms with van der Waals surface area (Å²) in [5, 5.41) is 10.6. The van der Waals surface area contributed by atoms with Crippen LogP contribution in [0.4, 0.5) is 0 Å². The monoisotopic (exact) mass is 318 g/mol. The average Bonchev–Trinajstić information content (AvgIpc) is 2.50. The molecule has 0 aromatic heterocycles. The molecule has 0 heterocycles. The van der Waals surface area contributed by atoms with E-state index in [-0.39, 0.29) is 0 Å². The number of allylic oxidation sites excluding steroid dienone is 2. The molecule has 1 rings (SSSR count). The van der Waals surface area contributed by atoms with Crippen LogP contribution in [0, 0.1) is 19.8 Å². The summed E-state index contributed by atoms with van der Waals surface area (Å²) in [6, 6.07) is 4.02. The van der Waals surface area contributed by atoms with Gasteiger partial charge in [-0.3, -0.25) is 0 Å². The molecule has 1 aromatic carbocycles. The largest absolute Gasteiger partial charge is 0.507 e. The third-order valence-electron chi connectivity index (χ3n) is 4.35. The van der Waals surface area contributed by atoms with Crippen molar-refractivity contribution >= 4 is 17.8 Å². The zero-order valence-corrected chi connectivity index (χ0v) is 15.5. The van der Waals surface area contributed by atoms with Gasteiger partial charge < -0.3 is 5.11 Å². The molecule has 0 aliphatic heterocycles. The summed E-state index contributed by atoms with van der Waals surface area (Å²) in [5.74, 6) is 0.906. The smallest absolute Gasteiger partial charge is 0.121 e. The van der Waals surface area contributed by atoms with E-state index in [9.17, 15) is 5.11 Å². The van der Waals surface area contributed by atoms with Gasteiger partial charge in [-0.15, -0.1) is 0 Å². The molecule has 0 bridgehead atoms. The second kappa shape index (κ2) is 9.09. The SMILES string of the molecule is C=C(/C=C/c1cc(C)c(O)c(C)c1)C(C)CCC(CC)SC. The normalized spacial score (nSPS) is 14.2. The number of hydrogen-bond donors (Lipinski definition) is 1. The predicted molar refractivity (Wildman–Crippen MR) is 102 cm³/mol. The lowest BCUT2D eigenvalue weighted by Crippen LogP contribution is -2.04. The second-order valence-corrected chi connectivity index (χ2v) is 7.29. The first-order valence-electron chi connectivity index (χ1n) is 8.08. The molecular weight excluding hydrogens is 288 g/mol. The molecule has 1 nitrogen and oxygen atoms in total. The summed E-state index contributed by atoms with van der Waals surface area (Å²) >= 11 is 1.97. The Morgan fingerprint density at radius 3 is 2.36 bits per heavy atom. The average molecular weight is 319 g/mol. The Labute approximate surface area is 140 Å². The Kier molecular flexibility index (Phi) is 7.81. The van der Waals surface area contributed by atoms with Crippen LogP contribution in [0.15, 0.2) is 30.4 Å². The van der Waals surface area contributed by atoms with Crippen molar-refractivity contribution in [2.75, 3.05) is 6.26 Å². The maximum absolute atomic E-state index is 9.82. The molecule has 0 aliphatic rings. The van der Waals surface area contributed by atoms with Crippen LogP contribution in [0.5, 0.6) is 5.75 Å². The van der Waals surface area contributed by atoms with Gasteiger partial charge in [-0.25, -0.2) is 0 Å². The summed E-state index contributed by atoms with van der Waals surface area (Å²) in [4.78, 5) is 0. The number of rotatable bonds is 8. The van der Waals surface area contributed by atoms with Crippen molar-refractivity contribution in [3.63, 3.8) is 0 Å². The van der Waals surface area contributed by atoms with Crippen LogP contribution in [0.25, 0.3) is 6.08 Å². The van der Waals surface area contributed by atoms with Gasteiger partial charge >= 0.3 is 0 Å². The van der Waals surface area contributed by atoms with E-state index in [1.54, 1.807) is 0 Å². The number of aryl methyl sites for hydroxylation is 2. The number of benzene rings is 1. The molecule has 2 atom stereocenters. The molecule has 2 heteroatoms. The van der Waals surface area contributed by atoms with Gasteiger partial charge in [0.1, 0.15) is 5.75 Å². The summed E-state index contributed by atoms with van der Waals surface area (Å²) in [6.45, 7) is 12.6. The molecule has 0 saturated heterocycles. The Hall–Kier alpha value is -1.15. The van der Waals surface area contributed by atoms with Crippen molar-refractivity contribution in [3.8, 4) is 5.75 Å². The molecule has 22 heavy (non-hydrogen) atoms. The van der Waals surface area contributed by atoms with Crippen molar-refractivity contribution in [2.45, 2.75) is 52.2 Å². The summed E-state index contributed by atoms with van der Waals surface area (Å²) in [6.07, 6.45) is 10.1. The Bertz CT molecular complexity index is 504. The van der Waals surface area contributed by atoms with Crippen molar-refractivity contribution in [1.82, 2.24) is 0 Å². The molecule has 0 radical (unpaired) electrons. The van der Waals surface area contributed by atoms with Gasteiger partial charge in [-0.05, 0) is 74.1 Å². The quantitative estimate of drug-likeness (QED) is 0.581. The van der Waals surface area contributed by atoms with E-state index in [2.05, 4.69) is 38.8 Å². The summed E-state index contributed by atoms with van der Waals surface area (Å²) < 4.78 is 0. The van der Waals surface area contributed by atoms with Crippen LogP contribution >= 0.6 is 11.8 Å². The number of thioether (sulfide) groups is 1. The van der Waals surface area contributed by atoms with Crippen LogP contribution < -0.4 is 0 Å². The van der Waals surface area contributed by atoms with Crippen molar-refractivity contribution in [2.24, 2.45) is 5.92 Å². The fourth-order valence-electron chi connectivity index (χ4n) is 2.56. The maximum atomic E-state index is 9.82. The zero-order chi connectivity index (χ0) is 16.7. The number of phenolic OH excluding ortho intramolecular Hbond substituents is 1. The van der Waals surface area contributed by atoms with Gasteiger partial charge in [-0.1, -0.05) is 38.2 Å². The lowest BCUT2D eigenvalue weighted by atomic mass is 9.95. The van der Waals surface area contributed by atoms with E-state index in [0.29, 0.717) is 11.7 Å². The van der Waals surface area contributed by atoms with Gasteiger partial charge in [-0.2, -0.15) is 11.8 Å². The first kappa shape index (κ1) is 18.9. The third kappa shape index (κ3) is 5.57. The van der Waals surface area contributed by atoms with Gasteiger partial charge in [0.2, 0.25) is 0 Å². The highest BCUT2D eigenvalue weighted by molar-refractivity contribution is 7.99. The molecule has 0 aliphatic carbocycles. The van der Waals surface area contributed by atoms with E-state index in [4.69, 9.17) is 0 Å². The zero-order valence-electron chi connectivity index (χ0n) is 14.6. The molecule has 1 aromatic rings. The van der Waals surface area contributed by atoms with Crippen LogP contribution in [-0.2, 0) is 0 Å². The highest BCUT2D eigenvalue weighted by Gasteiger charge is 2.09. The Balaban J connectivity index is 2.63. The number of hydrogen-bond acceptors (Lipinski definition) is 2. The molecule has 0 fully saturated rings. The van der Waals surface area contributed by atoms with Gasteiger partial charge in [0.15, 0.2) is 0 Å². The van der Waals surface area contributed by atoms with Crippen LogP contribution in [0.1, 0.15) is 49.8 Å². The molecule has 122 valence electrons. The molecule has 2 unspecified atom stereocenters. The van der Waals surface area contributed by atoms with E-state index in [1.807, 2.05) is 37.7 Å². The maximum Gasteiger partial charge on any atom is 0.121 e.